The smallest absolute Gasteiger partial charge is 0.264 e. The monoisotopic (exact) mass is 583 g/mol. The van der Waals surface area contributed by atoms with Crippen molar-refractivity contribution in [1.82, 2.24) is 10.2 Å². The fourth-order valence-corrected chi connectivity index (χ4v) is 5.84. The molecule has 9 heteroatoms. The lowest BCUT2D eigenvalue weighted by molar-refractivity contribution is -0.140. The molecule has 3 aromatic carbocycles. The lowest BCUT2D eigenvalue weighted by Crippen LogP contribution is -2.53. The minimum atomic E-state index is -4.14. The minimum Gasteiger partial charge on any atom is -0.352 e. The number of rotatable bonds is 12. The average molecular weight is 584 g/mol. The minimum absolute atomic E-state index is 0.0473. The quantitative estimate of drug-likeness (QED) is 0.289. The van der Waals surface area contributed by atoms with Crippen LogP contribution in [-0.2, 0) is 26.2 Å². The number of nitrogens with zero attached hydrogens (tertiary/aromatic N) is 2. The van der Waals surface area contributed by atoms with E-state index in [-0.39, 0.29) is 29.1 Å². The van der Waals surface area contributed by atoms with Gasteiger partial charge < -0.3 is 10.2 Å². The van der Waals surface area contributed by atoms with Gasteiger partial charge in [-0.2, -0.15) is 0 Å². The number of carbonyl (C=O) groups is 2. The molecule has 0 aliphatic heterocycles. The fourth-order valence-electron chi connectivity index (χ4n) is 4.24. The van der Waals surface area contributed by atoms with Crippen LogP contribution in [0.1, 0.15) is 50.3 Å². The van der Waals surface area contributed by atoms with Crippen LogP contribution in [0.2, 0.25) is 5.02 Å². The Labute approximate surface area is 243 Å². The Morgan fingerprint density at radius 1 is 0.925 bits per heavy atom. The Morgan fingerprint density at radius 2 is 1.57 bits per heavy atom. The van der Waals surface area contributed by atoms with E-state index in [1.807, 2.05) is 58.9 Å². The van der Waals surface area contributed by atoms with Crippen molar-refractivity contribution in [2.75, 3.05) is 10.8 Å². The molecule has 7 nitrogen and oxygen atoms in total. The summed E-state index contributed by atoms with van der Waals surface area (Å²) in [5.41, 5.74) is 2.95. The number of carbonyl (C=O) groups excluding carboxylic acids is 2. The van der Waals surface area contributed by atoms with E-state index in [0.29, 0.717) is 11.4 Å². The van der Waals surface area contributed by atoms with Gasteiger partial charge in [0.2, 0.25) is 11.8 Å². The Balaban J connectivity index is 2.06. The zero-order chi connectivity index (χ0) is 29.4. The van der Waals surface area contributed by atoms with E-state index in [1.54, 1.807) is 36.4 Å². The van der Waals surface area contributed by atoms with E-state index >= 15 is 0 Å². The highest BCUT2D eigenvalue weighted by atomic mass is 35.5. The van der Waals surface area contributed by atoms with Crippen molar-refractivity contribution < 1.29 is 18.0 Å². The fraction of sp³-hybridized carbons (Fsp3) is 0.355. The molecule has 2 amide bonds. The van der Waals surface area contributed by atoms with E-state index in [0.717, 1.165) is 27.4 Å². The van der Waals surface area contributed by atoms with Crippen molar-refractivity contribution in [1.29, 1.82) is 0 Å². The van der Waals surface area contributed by atoms with Crippen LogP contribution in [0.3, 0.4) is 0 Å². The zero-order valence-corrected chi connectivity index (χ0v) is 25.3. The molecule has 3 rings (SSSR count). The number of sulfonamides is 1. The van der Waals surface area contributed by atoms with Gasteiger partial charge in [0, 0.05) is 17.6 Å². The maximum atomic E-state index is 14.1. The molecule has 0 unspecified atom stereocenters. The molecule has 0 spiro atoms. The molecule has 0 aromatic heterocycles. The predicted octanol–water partition coefficient (Wildman–Crippen LogP) is 5.87. The summed E-state index contributed by atoms with van der Waals surface area (Å²) < 4.78 is 28.8. The first-order valence-corrected chi connectivity index (χ1v) is 15.3. The van der Waals surface area contributed by atoms with E-state index in [4.69, 9.17) is 11.6 Å². The third-order valence-electron chi connectivity index (χ3n) is 6.91. The zero-order valence-electron chi connectivity index (χ0n) is 23.7. The van der Waals surface area contributed by atoms with Crippen molar-refractivity contribution in [3.05, 3.63) is 94.5 Å². The van der Waals surface area contributed by atoms with Crippen LogP contribution in [0.4, 0.5) is 5.69 Å². The molecule has 1 N–H and O–H groups in total. The largest absolute Gasteiger partial charge is 0.352 e. The number of nitrogens with one attached hydrogen (secondary N) is 1. The summed E-state index contributed by atoms with van der Waals surface area (Å²) in [7, 11) is -4.14. The average Bonchev–Trinajstić information content (AvgIpc) is 2.94. The van der Waals surface area contributed by atoms with Crippen molar-refractivity contribution >= 4 is 39.1 Å². The van der Waals surface area contributed by atoms with E-state index < -0.39 is 28.5 Å². The second-order valence-electron chi connectivity index (χ2n) is 10.0. The van der Waals surface area contributed by atoms with E-state index in [1.165, 1.54) is 17.0 Å². The molecule has 0 aliphatic rings. The molecule has 0 bridgehead atoms. The van der Waals surface area contributed by atoms with Crippen LogP contribution in [-0.4, -0.2) is 43.8 Å². The van der Waals surface area contributed by atoms with Gasteiger partial charge in [-0.25, -0.2) is 8.42 Å². The Morgan fingerprint density at radius 3 is 2.15 bits per heavy atom. The summed E-state index contributed by atoms with van der Waals surface area (Å²) in [6.45, 7) is 9.16. The molecule has 0 fully saturated rings. The second kappa shape index (κ2) is 13.8. The molecule has 40 heavy (non-hydrogen) atoms. The molecule has 214 valence electrons. The molecule has 0 saturated heterocycles. The Kier molecular flexibility index (Phi) is 10.8. The van der Waals surface area contributed by atoms with Gasteiger partial charge in [-0.3, -0.25) is 13.9 Å². The summed E-state index contributed by atoms with van der Waals surface area (Å²) in [6, 6.07) is 19.7. The lowest BCUT2D eigenvalue weighted by atomic mass is 10.1. The molecular formula is C31H38ClN3O4S. The van der Waals surface area contributed by atoms with Crippen LogP contribution in [0.25, 0.3) is 0 Å². The highest BCUT2D eigenvalue weighted by molar-refractivity contribution is 7.92. The van der Waals surface area contributed by atoms with E-state index in [2.05, 4.69) is 5.32 Å². The lowest BCUT2D eigenvalue weighted by Gasteiger charge is -2.33. The molecule has 0 radical (unpaired) electrons. The second-order valence-corrected chi connectivity index (χ2v) is 12.3. The highest BCUT2D eigenvalue weighted by Crippen LogP contribution is 2.28. The van der Waals surface area contributed by atoms with Gasteiger partial charge in [0.1, 0.15) is 12.6 Å². The van der Waals surface area contributed by atoms with Crippen LogP contribution < -0.4 is 9.62 Å². The molecule has 0 saturated carbocycles. The van der Waals surface area contributed by atoms with Crippen molar-refractivity contribution in [3.63, 3.8) is 0 Å². The predicted molar refractivity (Wildman–Crippen MR) is 161 cm³/mol. The van der Waals surface area contributed by atoms with Crippen LogP contribution in [0, 0.1) is 13.8 Å². The number of hydrogen-bond acceptors (Lipinski definition) is 4. The first-order valence-electron chi connectivity index (χ1n) is 13.5. The third kappa shape index (κ3) is 7.64. The third-order valence-corrected chi connectivity index (χ3v) is 9.11. The number of benzene rings is 3. The Bertz CT molecular complexity index is 1410. The first kappa shape index (κ1) is 31.2. The number of anilines is 1. The summed E-state index contributed by atoms with van der Waals surface area (Å²) >= 11 is 6.38. The molecule has 3 aromatic rings. The molecule has 0 heterocycles. The summed E-state index contributed by atoms with van der Waals surface area (Å²) in [4.78, 5) is 29.0. The standard InChI is InChI=1S/C31H38ClN3O4S/c1-6-24(5)33-31(37)29(7-2)34(20-25-16-13-22(3)14-17-25)30(36)21-35(26-18-15-23(4)28(32)19-26)40(38,39)27-11-9-8-10-12-27/h8-19,24,29H,6-7,20-21H2,1-5H3,(H,33,37)/t24-,29+/m0/s1. The van der Waals surface area contributed by atoms with Gasteiger partial charge in [0.25, 0.3) is 10.0 Å². The van der Waals surface area contributed by atoms with Crippen LogP contribution >= 0.6 is 11.6 Å². The number of hydrogen-bond donors (Lipinski definition) is 1. The number of aryl methyl sites for hydroxylation is 2. The maximum absolute atomic E-state index is 14.1. The molecule has 0 aliphatic carbocycles. The SMILES string of the molecule is CC[C@H](C(=O)N[C@@H](C)CC)N(Cc1ccc(C)cc1)C(=O)CN(c1ccc(C)c(Cl)c1)S(=O)(=O)c1ccccc1. The van der Waals surface area contributed by atoms with Crippen LogP contribution in [0.15, 0.2) is 77.7 Å². The van der Waals surface area contributed by atoms with Gasteiger partial charge in [0.05, 0.1) is 10.6 Å². The van der Waals surface area contributed by atoms with Gasteiger partial charge in [-0.1, -0.05) is 79.5 Å². The highest BCUT2D eigenvalue weighted by Gasteiger charge is 2.34. The number of amides is 2. The Hall–Kier alpha value is -3.36. The van der Waals surface area contributed by atoms with Crippen LogP contribution in [0.5, 0.6) is 0 Å². The topological polar surface area (TPSA) is 86.8 Å². The van der Waals surface area contributed by atoms with E-state index in [9.17, 15) is 18.0 Å². The summed E-state index contributed by atoms with van der Waals surface area (Å²) in [5.74, 6) is -0.768. The van der Waals surface area contributed by atoms with Gasteiger partial charge in [0.15, 0.2) is 0 Å². The van der Waals surface area contributed by atoms with Gasteiger partial charge >= 0.3 is 0 Å². The molecular weight excluding hydrogens is 546 g/mol. The number of halogens is 1. The first-order chi connectivity index (χ1) is 19.0. The normalized spacial score (nSPS) is 12.8. The van der Waals surface area contributed by atoms with Crippen molar-refractivity contribution in [2.45, 2.75) is 71.0 Å². The summed E-state index contributed by atoms with van der Waals surface area (Å²) in [6.07, 6.45) is 1.10. The van der Waals surface area contributed by atoms with Crippen molar-refractivity contribution in [3.8, 4) is 0 Å². The molecule has 2 atom stereocenters. The van der Waals surface area contributed by atoms with Gasteiger partial charge in [-0.15, -0.1) is 0 Å². The maximum Gasteiger partial charge on any atom is 0.264 e. The van der Waals surface area contributed by atoms with Crippen molar-refractivity contribution in [2.24, 2.45) is 0 Å². The van der Waals surface area contributed by atoms with Gasteiger partial charge in [-0.05, 0) is 69.0 Å². The summed E-state index contributed by atoms with van der Waals surface area (Å²) in [5, 5.41) is 3.37.